The van der Waals surface area contributed by atoms with E-state index in [1.165, 1.54) is 13.3 Å². The smallest absolute Gasteiger partial charge is 0.349 e. The second-order valence-electron chi connectivity index (χ2n) is 7.65. The molecule has 3 heterocycles. The van der Waals surface area contributed by atoms with Crippen molar-refractivity contribution >= 4 is 63.0 Å². The zero-order chi connectivity index (χ0) is 25.2. The van der Waals surface area contributed by atoms with Crippen LogP contribution >= 0.6 is 22.9 Å². The third kappa shape index (κ3) is 4.66. The number of methoxy groups -OCH3 is 1. The number of allylic oxidation sites excluding steroid dienone is 1. The minimum absolute atomic E-state index is 0.248. The normalized spacial score (nSPS) is 15.3. The number of thiazole rings is 1. The Kier molecular flexibility index (Phi) is 6.40. The number of amides is 1. The number of hydrogen-bond acceptors (Lipinski definition) is 10. The number of oxazole rings is 1. The maximum atomic E-state index is 13.4. The van der Waals surface area contributed by atoms with Crippen molar-refractivity contribution < 1.29 is 18.7 Å². The highest BCUT2D eigenvalue weighted by molar-refractivity contribution is 7.17. The third-order valence-corrected chi connectivity index (χ3v) is 6.55. The van der Waals surface area contributed by atoms with E-state index < -0.39 is 17.9 Å². The van der Waals surface area contributed by atoms with Crippen molar-refractivity contribution in [3.05, 3.63) is 81.5 Å². The van der Waals surface area contributed by atoms with Crippen LogP contribution < -0.4 is 16.0 Å². The number of para-hydroxylation sites is 2. The molecule has 3 N–H and O–H groups in total. The van der Waals surface area contributed by atoms with Crippen LogP contribution in [0, 0.1) is 0 Å². The van der Waals surface area contributed by atoms with Gasteiger partial charge in [-0.15, -0.1) is 0 Å². The van der Waals surface area contributed by atoms with Gasteiger partial charge in [0.2, 0.25) is 5.96 Å². The SMILES string of the molecule is COC(=O)c1cnc(NC(=O)C2=C(C)NC(Nc3nc4ccccc4o3)=NC2c2ccccc2Cl)s1. The summed E-state index contributed by atoms with van der Waals surface area (Å²) in [5.41, 5.74) is 2.83. The fourth-order valence-electron chi connectivity index (χ4n) is 3.67. The predicted octanol–water partition coefficient (Wildman–Crippen LogP) is 4.75. The van der Waals surface area contributed by atoms with Crippen LogP contribution in [0.3, 0.4) is 0 Å². The second-order valence-corrected chi connectivity index (χ2v) is 9.09. The zero-order valence-corrected chi connectivity index (χ0v) is 20.6. The van der Waals surface area contributed by atoms with Gasteiger partial charge >= 0.3 is 12.0 Å². The molecule has 1 unspecified atom stereocenters. The number of benzene rings is 2. The quantitative estimate of drug-likeness (QED) is 0.320. The molecule has 36 heavy (non-hydrogen) atoms. The zero-order valence-electron chi connectivity index (χ0n) is 19.0. The highest BCUT2D eigenvalue weighted by Crippen LogP contribution is 2.35. The molecule has 1 aliphatic rings. The Morgan fingerprint density at radius 1 is 1.17 bits per heavy atom. The first-order valence-corrected chi connectivity index (χ1v) is 11.9. The van der Waals surface area contributed by atoms with Gasteiger partial charge in [-0.3, -0.25) is 15.4 Å². The van der Waals surface area contributed by atoms with Gasteiger partial charge in [-0.05, 0) is 25.1 Å². The molecule has 0 fully saturated rings. The number of aromatic nitrogens is 2. The summed E-state index contributed by atoms with van der Waals surface area (Å²) in [6, 6.07) is 14.0. The summed E-state index contributed by atoms with van der Waals surface area (Å²) in [4.78, 5) is 38.6. The van der Waals surface area contributed by atoms with Crippen LogP contribution in [0.4, 0.5) is 11.1 Å². The van der Waals surface area contributed by atoms with Crippen LogP contribution in [0.1, 0.15) is 28.2 Å². The van der Waals surface area contributed by atoms with Crippen LogP contribution in [0.2, 0.25) is 5.02 Å². The Morgan fingerprint density at radius 2 is 1.94 bits per heavy atom. The fourth-order valence-corrected chi connectivity index (χ4v) is 4.64. The van der Waals surface area contributed by atoms with E-state index in [9.17, 15) is 9.59 Å². The van der Waals surface area contributed by atoms with E-state index in [4.69, 9.17) is 25.7 Å². The van der Waals surface area contributed by atoms with Crippen molar-refractivity contribution in [1.82, 2.24) is 15.3 Å². The first-order valence-electron chi connectivity index (χ1n) is 10.7. The summed E-state index contributed by atoms with van der Waals surface area (Å²) in [5, 5.41) is 9.59. The standard InChI is InChI=1S/C24H19ClN6O4S/c1-12-18(20(32)30-24-26-11-17(36-24)21(33)34-2)19(13-7-3-4-8-14(13)25)29-22(27-12)31-23-28-15-9-5-6-10-16(15)35-23/h3-11,19H,1-2H3,(H,26,30,32)(H2,27,28,29,31). The molecule has 0 saturated carbocycles. The average Bonchev–Trinajstić information content (AvgIpc) is 3.50. The van der Waals surface area contributed by atoms with Gasteiger partial charge in [0.05, 0.1) is 18.9 Å². The van der Waals surface area contributed by atoms with Crippen molar-refractivity contribution in [1.29, 1.82) is 0 Å². The Hall–Kier alpha value is -4.22. The summed E-state index contributed by atoms with van der Waals surface area (Å²) < 4.78 is 10.4. The van der Waals surface area contributed by atoms with Crippen LogP contribution in [0.25, 0.3) is 11.1 Å². The van der Waals surface area contributed by atoms with Gasteiger partial charge in [0, 0.05) is 16.3 Å². The molecular weight excluding hydrogens is 504 g/mol. The first-order chi connectivity index (χ1) is 17.4. The Balaban J connectivity index is 1.46. The lowest BCUT2D eigenvalue weighted by molar-refractivity contribution is -0.113. The van der Waals surface area contributed by atoms with Crippen molar-refractivity contribution in [2.24, 2.45) is 4.99 Å². The van der Waals surface area contributed by atoms with Crippen molar-refractivity contribution in [3.8, 4) is 0 Å². The Morgan fingerprint density at radius 3 is 2.72 bits per heavy atom. The predicted molar refractivity (Wildman–Crippen MR) is 137 cm³/mol. The number of ether oxygens (including phenoxy) is 1. The molecule has 2 aromatic carbocycles. The number of carbonyl (C=O) groups is 2. The number of halogens is 1. The lowest BCUT2D eigenvalue weighted by Gasteiger charge is -2.26. The summed E-state index contributed by atoms with van der Waals surface area (Å²) in [5.74, 6) is -0.640. The van der Waals surface area contributed by atoms with E-state index in [1.54, 1.807) is 25.1 Å². The molecule has 1 aliphatic heterocycles. The largest absolute Gasteiger partial charge is 0.465 e. The van der Waals surface area contributed by atoms with Gasteiger partial charge in [0.15, 0.2) is 10.7 Å². The number of aliphatic imine (C=N–C) groups is 1. The number of fused-ring (bicyclic) bond motifs is 1. The number of rotatable bonds is 5. The van der Waals surface area contributed by atoms with E-state index in [1.807, 2.05) is 30.3 Å². The number of carbonyl (C=O) groups excluding carboxylic acids is 2. The highest BCUT2D eigenvalue weighted by atomic mass is 35.5. The summed E-state index contributed by atoms with van der Waals surface area (Å²) in [6.07, 6.45) is 1.35. The van der Waals surface area contributed by atoms with E-state index >= 15 is 0 Å². The number of hydrogen-bond donors (Lipinski definition) is 3. The molecule has 1 amide bonds. The fraction of sp³-hybridized carbons (Fsp3) is 0.125. The molecule has 0 radical (unpaired) electrons. The van der Waals surface area contributed by atoms with Gasteiger partial charge in [-0.2, -0.15) is 4.98 Å². The Bertz CT molecular complexity index is 1510. The third-order valence-electron chi connectivity index (χ3n) is 5.32. The molecule has 2 aromatic heterocycles. The number of guanidine groups is 1. The van der Waals surface area contributed by atoms with Crippen LogP contribution in [-0.4, -0.2) is 34.9 Å². The van der Waals surface area contributed by atoms with Crippen LogP contribution in [-0.2, 0) is 9.53 Å². The minimum atomic E-state index is -0.744. The van der Waals surface area contributed by atoms with Crippen molar-refractivity contribution in [3.63, 3.8) is 0 Å². The first kappa shape index (κ1) is 23.5. The number of esters is 1. The number of anilines is 2. The molecule has 4 aromatic rings. The molecule has 0 spiro atoms. The van der Waals surface area contributed by atoms with Gasteiger partial charge in [0.1, 0.15) is 16.4 Å². The minimum Gasteiger partial charge on any atom is -0.465 e. The maximum Gasteiger partial charge on any atom is 0.349 e. The maximum absolute atomic E-state index is 13.4. The molecule has 12 heteroatoms. The molecule has 5 rings (SSSR count). The molecule has 1 atom stereocenters. The molecule has 0 aliphatic carbocycles. The average molecular weight is 523 g/mol. The van der Waals surface area contributed by atoms with Gasteiger partial charge in [-0.1, -0.05) is 53.3 Å². The van der Waals surface area contributed by atoms with E-state index in [0.29, 0.717) is 38.9 Å². The van der Waals surface area contributed by atoms with Crippen molar-refractivity contribution in [2.45, 2.75) is 13.0 Å². The molecule has 10 nitrogen and oxygen atoms in total. The topological polar surface area (TPSA) is 131 Å². The highest BCUT2D eigenvalue weighted by Gasteiger charge is 2.31. The Labute approximate surface area is 214 Å². The monoisotopic (exact) mass is 522 g/mol. The summed E-state index contributed by atoms with van der Waals surface area (Å²) in [6.45, 7) is 1.75. The van der Waals surface area contributed by atoms with E-state index in [0.717, 1.165) is 11.3 Å². The second kappa shape index (κ2) is 9.80. The lowest BCUT2D eigenvalue weighted by Crippen LogP contribution is -2.37. The number of nitrogens with zero attached hydrogens (tertiary/aromatic N) is 3. The van der Waals surface area contributed by atoms with Crippen LogP contribution in [0.15, 0.2) is 75.4 Å². The summed E-state index contributed by atoms with van der Waals surface area (Å²) >= 11 is 7.50. The molecular formula is C24H19ClN6O4S. The number of nitrogens with one attached hydrogen (secondary N) is 3. The van der Waals surface area contributed by atoms with E-state index in [-0.39, 0.29) is 16.0 Å². The van der Waals surface area contributed by atoms with Gasteiger partial charge in [0.25, 0.3) is 5.91 Å². The molecule has 0 bridgehead atoms. The van der Waals surface area contributed by atoms with Gasteiger partial charge < -0.3 is 14.5 Å². The lowest BCUT2D eigenvalue weighted by atomic mass is 9.95. The van der Waals surface area contributed by atoms with E-state index in [2.05, 4.69) is 25.9 Å². The van der Waals surface area contributed by atoms with Crippen LogP contribution in [0.5, 0.6) is 0 Å². The van der Waals surface area contributed by atoms with Gasteiger partial charge in [-0.25, -0.2) is 14.8 Å². The van der Waals surface area contributed by atoms with Crippen molar-refractivity contribution in [2.75, 3.05) is 17.7 Å². The summed E-state index contributed by atoms with van der Waals surface area (Å²) in [7, 11) is 1.28. The molecule has 182 valence electrons. The molecule has 0 saturated heterocycles.